The fraction of sp³-hybridized carbons (Fsp3) is 0.512. The number of imidazole rings is 1. The number of aromatic nitrogens is 2. The first kappa shape index (κ1) is 44.9. The fourth-order valence-electron chi connectivity index (χ4n) is 6.97. The van der Waals surface area contributed by atoms with Crippen LogP contribution >= 0.6 is 0 Å². The monoisotopic (exact) mass is 783 g/mol. The first-order valence-electron chi connectivity index (χ1n) is 19.1. The van der Waals surface area contributed by atoms with Crippen LogP contribution in [-0.2, 0) is 25.9 Å². The molecule has 0 aliphatic heterocycles. The van der Waals surface area contributed by atoms with Crippen LogP contribution in [0.1, 0.15) is 41.2 Å². The predicted octanol–water partition coefficient (Wildman–Crippen LogP) is -1.37. The number of nitrogens with one attached hydrogen (secondary N) is 1. The number of aryl methyl sites for hydroxylation is 2. The van der Waals surface area contributed by atoms with Gasteiger partial charge < -0.3 is 56.4 Å². The molecule has 308 valence electrons. The molecule has 15 nitrogen and oxygen atoms in total. The van der Waals surface area contributed by atoms with E-state index < -0.39 is 62.0 Å². The molecule has 0 unspecified atom stereocenters. The summed E-state index contributed by atoms with van der Waals surface area (Å²) in [6.45, 7) is 6.25. The van der Waals surface area contributed by atoms with Crippen LogP contribution in [0.2, 0.25) is 0 Å². The van der Waals surface area contributed by atoms with E-state index in [9.17, 15) is 45.6 Å². The van der Waals surface area contributed by atoms with Crippen molar-refractivity contribution in [2.24, 2.45) is 0 Å². The lowest BCUT2D eigenvalue weighted by molar-refractivity contribution is -0.674. The van der Waals surface area contributed by atoms with Gasteiger partial charge in [-0.05, 0) is 61.1 Å². The molecule has 0 radical (unpaired) electrons. The van der Waals surface area contributed by atoms with Gasteiger partial charge in [-0.2, -0.15) is 0 Å². The van der Waals surface area contributed by atoms with Crippen LogP contribution in [-0.4, -0.2) is 155 Å². The maximum Gasteiger partial charge on any atom is 0.254 e. The Morgan fingerprint density at radius 3 is 1.64 bits per heavy atom. The third-order valence-electron chi connectivity index (χ3n) is 10.4. The van der Waals surface area contributed by atoms with Crippen LogP contribution in [0.4, 0.5) is 0 Å². The second kappa shape index (κ2) is 21.1. The van der Waals surface area contributed by atoms with E-state index >= 15 is 0 Å². The molecule has 4 aromatic rings. The summed E-state index contributed by atoms with van der Waals surface area (Å²) in [5.41, 5.74) is 6.67. The van der Waals surface area contributed by atoms with Crippen molar-refractivity contribution in [2.75, 3.05) is 39.4 Å². The molecule has 0 spiro atoms. The van der Waals surface area contributed by atoms with E-state index in [1.807, 2.05) is 66.7 Å². The number of carbonyl (C=O) groups excluding carboxylic acids is 1. The smallest absolute Gasteiger partial charge is 0.254 e. The van der Waals surface area contributed by atoms with Gasteiger partial charge >= 0.3 is 0 Å². The van der Waals surface area contributed by atoms with Gasteiger partial charge in [-0.1, -0.05) is 48.5 Å². The molecule has 0 saturated heterocycles. The highest BCUT2D eigenvalue weighted by Crippen LogP contribution is 2.22. The Kier molecular flexibility index (Phi) is 16.9. The van der Waals surface area contributed by atoms with Gasteiger partial charge in [-0.15, -0.1) is 0 Å². The van der Waals surface area contributed by atoms with Crippen molar-refractivity contribution in [1.82, 2.24) is 14.8 Å². The van der Waals surface area contributed by atoms with Crippen LogP contribution in [0, 0.1) is 6.92 Å². The highest BCUT2D eigenvalue weighted by molar-refractivity contribution is 5.97. The number of nitrogens with zero attached hydrogens (tertiary/aromatic N) is 3. The zero-order valence-electron chi connectivity index (χ0n) is 32.3. The van der Waals surface area contributed by atoms with Crippen LogP contribution in [0.25, 0.3) is 22.2 Å². The first-order valence-corrected chi connectivity index (χ1v) is 19.1. The molecule has 0 aliphatic carbocycles. The molecule has 15 heteroatoms. The highest BCUT2D eigenvalue weighted by atomic mass is 16.4. The van der Waals surface area contributed by atoms with Crippen molar-refractivity contribution in [3.8, 4) is 11.1 Å². The van der Waals surface area contributed by atoms with Crippen LogP contribution in [0.3, 0.4) is 0 Å². The molecule has 1 heterocycles. The normalized spacial score (nSPS) is 16.3. The third kappa shape index (κ3) is 11.2. The van der Waals surface area contributed by atoms with Gasteiger partial charge in [0, 0.05) is 44.7 Å². The third-order valence-corrected chi connectivity index (χ3v) is 10.4. The maximum atomic E-state index is 13.0. The lowest BCUT2D eigenvalue weighted by Crippen LogP contribution is -2.53. The Morgan fingerprint density at radius 2 is 1.18 bits per heavy atom. The van der Waals surface area contributed by atoms with Gasteiger partial charge in [0.1, 0.15) is 36.6 Å². The minimum atomic E-state index is -1.86. The molecule has 56 heavy (non-hydrogen) atoms. The summed E-state index contributed by atoms with van der Waals surface area (Å²) in [4.78, 5) is 14.5. The van der Waals surface area contributed by atoms with Crippen molar-refractivity contribution in [2.45, 2.75) is 95.5 Å². The quantitative estimate of drug-likeness (QED) is 0.0414. The zero-order chi connectivity index (χ0) is 41.1. The van der Waals surface area contributed by atoms with Crippen LogP contribution in [0.15, 0.2) is 66.7 Å². The number of aliphatic hydroxyl groups is 10. The van der Waals surface area contributed by atoms with Crippen LogP contribution < -0.4 is 9.88 Å². The Hall–Kier alpha value is -3.84. The number of benzene rings is 3. The van der Waals surface area contributed by atoms with Crippen molar-refractivity contribution >= 4 is 16.9 Å². The molecule has 11 N–H and O–H groups in total. The Balaban J connectivity index is 1.34. The number of rotatable bonds is 22. The second-order valence-electron chi connectivity index (χ2n) is 14.2. The van der Waals surface area contributed by atoms with Gasteiger partial charge in [0.2, 0.25) is 0 Å². The number of aliphatic hydroxyl groups excluding tert-OH is 10. The van der Waals surface area contributed by atoms with Crippen molar-refractivity contribution < 1.29 is 60.4 Å². The standard InChI is InChI=1S/C41H58N4O11/c1-4-44-25(3)45(5-2)32-20-30(14-15-31(32)44)41(56)42-18-16-26-6-10-28(11-7-26)29-12-8-27(9-13-29)17-19-43(21-33(48)37(52)39(54)35(50)23-46)22-34(49)38(53)40(55)36(51)24-47/h6-15,20,33-40,46-55H,4-5,16-19,21-24H2,1-3H3/p+1/t33-,34-,35+,36+,37+,38+,39+,40+/m0/s1. The van der Waals surface area contributed by atoms with Crippen molar-refractivity contribution in [3.63, 3.8) is 0 Å². The Labute approximate surface area is 327 Å². The molecule has 3 aromatic carbocycles. The fourth-order valence-corrected chi connectivity index (χ4v) is 6.97. The summed E-state index contributed by atoms with van der Waals surface area (Å²) in [6.07, 6.45) is -13.1. The molecule has 1 amide bonds. The van der Waals surface area contributed by atoms with E-state index in [2.05, 4.69) is 35.2 Å². The first-order chi connectivity index (χ1) is 26.7. The van der Waals surface area contributed by atoms with Gasteiger partial charge in [0.25, 0.3) is 11.7 Å². The SMILES string of the molecule is CCn1c(C)[n+](CC)c2ccc(C(=O)NCCc3ccc(-c4ccc(CCN(C[C@H](O)[C@@H](O)[C@H](O)[C@H](O)CO)C[C@H](O)[C@@H](O)[C@H](O)[C@H](O)CO)cc4)cc3)cc21. The molecule has 0 bridgehead atoms. The predicted molar refractivity (Wildman–Crippen MR) is 209 cm³/mol. The summed E-state index contributed by atoms with van der Waals surface area (Å²) in [5.74, 6) is 1.04. The van der Waals surface area contributed by atoms with E-state index in [4.69, 9.17) is 10.2 Å². The Bertz CT molecular complexity index is 1790. The van der Waals surface area contributed by atoms with E-state index in [0.29, 0.717) is 24.9 Å². The van der Waals surface area contributed by atoms with E-state index in [-0.39, 0.29) is 25.5 Å². The summed E-state index contributed by atoms with van der Waals surface area (Å²) in [6, 6.07) is 21.6. The molecular formula is C41H59N4O11+. The topological polar surface area (TPSA) is 243 Å². The van der Waals surface area contributed by atoms with Gasteiger partial charge in [-0.25, -0.2) is 9.13 Å². The van der Waals surface area contributed by atoms with Crippen LogP contribution in [0.5, 0.6) is 0 Å². The Morgan fingerprint density at radius 1 is 0.696 bits per heavy atom. The lowest BCUT2D eigenvalue weighted by Gasteiger charge is -2.33. The molecule has 0 aliphatic rings. The summed E-state index contributed by atoms with van der Waals surface area (Å²) in [5, 5.41) is 103. The number of amides is 1. The van der Waals surface area contributed by atoms with Gasteiger partial charge in [0.05, 0.1) is 38.5 Å². The number of fused-ring (bicyclic) bond motifs is 1. The average molecular weight is 784 g/mol. The van der Waals surface area contributed by atoms with E-state index in [1.165, 1.54) is 4.90 Å². The maximum absolute atomic E-state index is 13.0. The summed E-state index contributed by atoms with van der Waals surface area (Å²) >= 11 is 0. The van der Waals surface area contributed by atoms with Crippen molar-refractivity contribution in [1.29, 1.82) is 0 Å². The zero-order valence-corrected chi connectivity index (χ0v) is 32.3. The molecule has 0 saturated carbocycles. The van der Waals surface area contributed by atoms with E-state index in [0.717, 1.165) is 52.2 Å². The minimum Gasteiger partial charge on any atom is -0.394 e. The van der Waals surface area contributed by atoms with Crippen molar-refractivity contribution in [3.05, 3.63) is 89.2 Å². The number of hydrogen-bond donors (Lipinski definition) is 11. The second-order valence-corrected chi connectivity index (χ2v) is 14.2. The molecule has 8 atom stereocenters. The average Bonchev–Trinajstić information content (AvgIpc) is 3.50. The molecular weight excluding hydrogens is 724 g/mol. The molecule has 4 rings (SSSR count). The molecule has 1 aromatic heterocycles. The van der Waals surface area contributed by atoms with Gasteiger partial charge in [0.15, 0.2) is 11.0 Å². The summed E-state index contributed by atoms with van der Waals surface area (Å²) in [7, 11) is 0. The molecule has 0 fully saturated rings. The summed E-state index contributed by atoms with van der Waals surface area (Å²) < 4.78 is 4.46. The lowest BCUT2D eigenvalue weighted by atomic mass is 10.00. The minimum absolute atomic E-state index is 0.118. The van der Waals surface area contributed by atoms with E-state index in [1.54, 1.807) is 0 Å². The number of hydrogen-bond acceptors (Lipinski definition) is 12. The highest BCUT2D eigenvalue weighted by Gasteiger charge is 2.34. The largest absolute Gasteiger partial charge is 0.394 e. The van der Waals surface area contributed by atoms with Gasteiger partial charge in [-0.3, -0.25) is 9.69 Å². The number of carbonyl (C=O) groups is 1.